The zero-order valence-corrected chi connectivity index (χ0v) is 21.3. The molecule has 11 nitrogen and oxygen atoms in total. The standard InChI is InChI=1S/C27H32N6O5/c1-18-4-6-20(7-5-18)37-22-3-2-10-32(15-22)26(34)16-33-14-19(13-30-33)31-27(35)24-11-23(17-36-24)38-21-8-9-29-25(28)12-21/h4-9,12-14,22-24H,2-3,10-11,15-17H2,1H3,(H2,28,29)(H,31,35)/t22-,23-,24+/m0/s1. The number of aryl methyl sites for hydroxylation is 1. The fraction of sp³-hybridized carbons (Fsp3) is 0.407. The van der Waals surface area contributed by atoms with Crippen molar-refractivity contribution in [1.82, 2.24) is 19.7 Å². The number of carbonyl (C=O) groups is 2. The van der Waals surface area contributed by atoms with Crippen molar-refractivity contribution in [2.75, 3.05) is 30.7 Å². The maximum atomic E-state index is 12.9. The lowest BCUT2D eigenvalue weighted by Crippen LogP contribution is -2.45. The highest BCUT2D eigenvalue weighted by Gasteiger charge is 2.32. The van der Waals surface area contributed by atoms with Crippen molar-refractivity contribution in [2.45, 2.75) is 51.0 Å². The zero-order chi connectivity index (χ0) is 26.5. The molecule has 0 saturated carbocycles. The maximum absolute atomic E-state index is 12.9. The first-order chi connectivity index (χ1) is 18.4. The van der Waals surface area contributed by atoms with Crippen LogP contribution in [0.15, 0.2) is 55.0 Å². The van der Waals surface area contributed by atoms with Crippen molar-refractivity contribution < 1.29 is 23.8 Å². The van der Waals surface area contributed by atoms with Gasteiger partial charge in [0.1, 0.15) is 42.2 Å². The average molecular weight is 521 g/mol. The fourth-order valence-electron chi connectivity index (χ4n) is 4.60. The van der Waals surface area contributed by atoms with Gasteiger partial charge in [0, 0.05) is 31.4 Å². The van der Waals surface area contributed by atoms with Gasteiger partial charge in [0.25, 0.3) is 5.91 Å². The van der Waals surface area contributed by atoms with Gasteiger partial charge < -0.3 is 30.2 Å². The van der Waals surface area contributed by atoms with Crippen molar-refractivity contribution >= 4 is 23.3 Å². The predicted octanol–water partition coefficient (Wildman–Crippen LogP) is 2.41. The van der Waals surface area contributed by atoms with Crippen LogP contribution in [0.2, 0.25) is 0 Å². The Morgan fingerprint density at radius 2 is 1.97 bits per heavy atom. The number of nitrogen functional groups attached to an aromatic ring is 1. The van der Waals surface area contributed by atoms with E-state index in [9.17, 15) is 9.59 Å². The monoisotopic (exact) mass is 520 g/mol. The van der Waals surface area contributed by atoms with Crippen LogP contribution in [0.1, 0.15) is 24.8 Å². The topological polar surface area (TPSA) is 134 Å². The number of nitrogens with two attached hydrogens (primary N) is 1. The number of pyridine rings is 1. The Morgan fingerprint density at radius 1 is 1.16 bits per heavy atom. The number of benzene rings is 1. The first kappa shape index (κ1) is 25.5. The number of carbonyl (C=O) groups excluding carboxylic acids is 2. The first-order valence-corrected chi connectivity index (χ1v) is 12.8. The van der Waals surface area contributed by atoms with E-state index in [1.807, 2.05) is 36.1 Å². The summed E-state index contributed by atoms with van der Waals surface area (Å²) < 4.78 is 19.1. The fourth-order valence-corrected chi connectivity index (χ4v) is 4.60. The van der Waals surface area contributed by atoms with Crippen molar-refractivity contribution in [1.29, 1.82) is 0 Å². The lowest BCUT2D eigenvalue weighted by Gasteiger charge is -2.33. The molecule has 38 heavy (non-hydrogen) atoms. The van der Waals surface area contributed by atoms with Crippen molar-refractivity contribution in [2.24, 2.45) is 0 Å². The number of anilines is 2. The number of rotatable bonds is 8. The number of aromatic nitrogens is 3. The molecular formula is C27H32N6O5. The van der Waals surface area contributed by atoms with Crippen LogP contribution in [0.4, 0.5) is 11.5 Å². The van der Waals surface area contributed by atoms with E-state index in [1.165, 1.54) is 16.4 Å². The number of ether oxygens (including phenoxy) is 3. The van der Waals surface area contributed by atoms with E-state index in [0.29, 0.717) is 43.4 Å². The number of nitrogens with zero attached hydrogens (tertiary/aromatic N) is 4. The second-order valence-electron chi connectivity index (χ2n) is 9.66. The summed E-state index contributed by atoms with van der Waals surface area (Å²) in [4.78, 5) is 31.4. The minimum absolute atomic E-state index is 0.0425. The van der Waals surface area contributed by atoms with Gasteiger partial charge in [-0.25, -0.2) is 4.98 Å². The van der Waals surface area contributed by atoms with Gasteiger partial charge in [0.15, 0.2) is 0 Å². The summed E-state index contributed by atoms with van der Waals surface area (Å²) in [5, 5.41) is 7.06. The van der Waals surface area contributed by atoms with Gasteiger partial charge in [-0.15, -0.1) is 0 Å². The molecule has 2 aliphatic rings. The third-order valence-corrected chi connectivity index (χ3v) is 6.56. The van der Waals surface area contributed by atoms with Gasteiger partial charge in [-0.1, -0.05) is 17.7 Å². The molecular weight excluding hydrogens is 488 g/mol. The highest BCUT2D eigenvalue weighted by atomic mass is 16.6. The van der Waals surface area contributed by atoms with Gasteiger partial charge in [0.2, 0.25) is 5.91 Å². The molecule has 3 atom stereocenters. The molecule has 200 valence electrons. The maximum Gasteiger partial charge on any atom is 0.253 e. The summed E-state index contributed by atoms with van der Waals surface area (Å²) in [7, 11) is 0. The number of hydrogen-bond donors (Lipinski definition) is 2. The minimum Gasteiger partial charge on any atom is -0.489 e. The molecule has 0 bridgehead atoms. The molecule has 2 saturated heterocycles. The van der Waals surface area contributed by atoms with Crippen LogP contribution in [0.25, 0.3) is 0 Å². The smallest absolute Gasteiger partial charge is 0.253 e. The summed E-state index contributed by atoms with van der Waals surface area (Å²) in [6.07, 6.45) is 5.95. The summed E-state index contributed by atoms with van der Waals surface area (Å²) in [5.74, 6) is 1.43. The first-order valence-electron chi connectivity index (χ1n) is 12.8. The third kappa shape index (κ3) is 6.60. The van der Waals surface area contributed by atoms with E-state index < -0.39 is 6.10 Å². The van der Waals surface area contributed by atoms with Crippen molar-refractivity contribution in [3.63, 3.8) is 0 Å². The van der Waals surface area contributed by atoms with Crippen LogP contribution in [0.3, 0.4) is 0 Å². The van der Waals surface area contributed by atoms with E-state index in [1.54, 1.807) is 24.5 Å². The third-order valence-electron chi connectivity index (χ3n) is 6.56. The summed E-state index contributed by atoms with van der Waals surface area (Å²) in [6, 6.07) is 11.3. The van der Waals surface area contributed by atoms with E-state index >= 15 is 0 Å². The molecule has 3 N–H and O–H groups in total. The molecule has 0 aliphatic carbocycles. The highest BCUT2D eigenvalue weighted by molar-refractivity contribution is 5.94. The Balaban J connectivity index is 1.08. The van der Waals surface area contributed by atoms with Crippen LogP contribution < -0.4 is 20.5 Å². The normalized spacial score (nSPS) is 21.2. The molecule has 1 aromatic carbocycles. The molecule has 0 spiro atoms. The molecule has 11 heteroatoms. The quantitative estimate of drug-likeness (QED) is 0.463. The van der Waals surface area contributed by atoms with Gasteiger partial charge in [-0.2, -0.15) is 5.10 Å². The molecule has 0 radical (unpaired) electrons. The number of amides is 2. The lowest BCUT2D eigenvalue weighted by atomic mass is 10.1. The summed E-state index contributed by atoms with van der Waals surface area (Å²) in [5.41, 5.74) is 7.36. The zero-order valence-electron chi connectivity index (χ0n) is 21.3. The van der Waals surface area contributed by atoms with Crippen LogP contribution in [-0.2, 0) is 20.9 Å². The number of likely N-dealkylation sites (tertiary alicyclic amines) is 1. The van der Waals surface area contributed by atoms with Gasteiger partial charge in [-0.05, 0) is 38.0 Å². The SMILES string of the molecule is Cc1ccc(O[C@H]2CCCN(C(=O)Cn3cc(NC(=O)[C@H]4C[C@H](Oc5ccnc(N)c5)CO4)cn3)C2)cc1. The van der Waals surface area contributed by atoms with Crippen LogP contribution in [0, 0.1) is 6.92 Å². The van der Waals surface area contributed by atoms with Crippen LogP contribution in [-0.4, -0.2) is 69.5 Å². The number of nitrogens with one attached hydrogen (secondary N) is 1. The van der Waals surface area contributed by atoms with E-state index in [0.717, 1.165) is 18.6 Å². The van der Waals surface area contributed by atoms with Crippen LogP contribution in [0.5, 0.6) is 11.5 Å². The molecule has 2 aromatic heterocycles. The van der Waals surface area contributed by atoms with E-state index in [-0.39, 0.29) is 30.6 Å². The Hall–Kier alpha value is -4.12. The van der Waals surface area contributed by atoms with Gasteiger partial charge in [0.05, 0.1) is 25.0 Å². The number of piperidine rings is 1. The minimum atomic E-state index is -0.650. The molecule has 5 rings (SSSR count). The average Bonchev–Trinajstić information content (AvgIpc) is 3.55. The molecule has 4 heterocycles. The highest BCUT2D eigenvalue weighted by Crippen LogP contribution is 2.23. The van der Waals surface area contributed by atoms with Crippen LogP contribution >= 0.6 is 0 Å². The summed E-state index contributed by atoms with van der Waals surface area (Å²) in [6.45, 7) is 3.63. The predicted molar refractivity (Wildman–Crippen MR) is 140 cm³/mol. The largest absolute Gasteiger partial charge is 0.489 e. The van der Waals surface area contributed by atoms with Gasteiger partial charge >= 0.3 is 0 Å². The Bertz CT molecular complexity index is 1260. The lowest BCUT2D eigenvalue weighted by molar-refractivity contribution is -0.134. The molecule has 2 aliphatic heterocycles. The van der Waals surface area contributed by atoms with E-state index in [2.05, 4.69) is 15.4 Å². The Kier molecular flexibility index (Phi) is 7.73. The van der Waals surface area contributed by atoms with Crippen molar-refractivity contribution in [3.05, 3.63) is 60.6 Å². The second-order valence-corrected chi connectivity index (χ2v) is 9.66. The number of hydrogen-bond acceptors (Lipinski definition) is 8. The summed E-state index contributed by atoms with van der Waals surface area (Å²) >= 11 is 0. The second kappa shape index (κ2) is 11.5. The molecule has 0 unspecified atom stereocenters. The van der Waals surface area contributed by atoms with Gasteiger partial charge in [-0.3, -0.25) is 14.3 Å². The molecule has 2 amide bonds. The Morgan fingerprint density at radius 3 is 2.79 bits per heavy atom. The van der Waals surface area contributed by atoms with E-state index in [4.69, 9.17) is 19.9 Å². The Labute approximate surface area is 220 Å². The van der Waals surface area contributed by atoms with Crippen molar-refractivity contribution in [3.8, 4) is 11.5 Å². The molecule has 2 fully saturated rings. The molecule has 3 aromatic rings.